The van der Waals surface area contributed by atoms with Crippen molar-refractivity contribution >= 4 is 27.3 Å². The van der Waals surface area contributed by atoms with E-state index in [2.05, 4.69) is 5.32 Å². The van der Waals surface area contributed by atoms with Gasteiger partial charge in [-0.1, -0.05) is 18.2 Å². The Labute approximate surface area is 201 Å². The maximum Gasteiger partial charge on any atom is 0.418 e. The number of halogens is 3. The van der Waals surface area contributed by atoms with Gasteiger partial charge in [0.15, 0.2) is 0 Å². The maximum absolute atomic E-state index is 13.7. The monoisotopic (exact) mass is 508 g/mol. The molecular formula is C24H23F3N2O5S. The van der Waals surface area contributed by atoms with Gasteiger partial charge in [0.2, 0.25) is 5.91 Å². The molecular weight excluding hydrogens is 485 g/mol. The number of ether oxygens (including phenoxy) is 2. The van der Waals surface area contributed by atoms with Crippen molar-refractivity contribution in [3.63, 3.8) is 0 Å². The number of para-hydroxylation sites is 1. The molecule has 35 heavy (non-hydrogen) atoms. The molecule has 0 bridgehead atoms. The second-order valence-corrected chi connectivity index (χ2v) is 9.29. The van der Waals surface area contributed by atoms with Gasteiger partial charge in [-0.3, -0.25) is 9.10 Å². The highest BCUT2D eigenvalue weighted by Gasteiger charge is 2.34. The summed E-state index contributed by atoms with van der Waals surface area (Å²) in [6.45, 7) is 0.898. The van der Waals surface area contributed by atoms with E-state index in [-0.39, 0.29) is 16.3 Å². The Balaban J connectivity index is 2.04. The van der Waals surface area contributed by atoms with Gasteiger partial charge in [0.05, 0.1) is 31.2 Å². The Hall–Kier alpha value is -3.73. The Kier molecular flexibility index (Phi) is 7.59. The predicted octanol–water partition coefficient (Wildman–Crippen LogP) is 4.87. The summed E-state index contributed by atoms with van der Waals surface area (Å²) in [6, 6.07) is 14.8. The fraction of sp³-hybridized carbons (Fsp3) is 0.208. The van der Waals surface area contributed by atoms with Crippen LogP contribution in [0.15, 0.2) is 71.6 Å². The van der Waals surface area contributed by atoms with Gasteiger partial charge >= 0.3 is 6.18 Å². The zero-order chi connectivity index (χ0) is 25.8. The molecule has 11 heteroatoms. The van der Waals surface area contributed by atoms with Crippen molar-refractivity contribution < 1.29 is 35.9 Å². The summed E-state index contributed by atoms with van der Waals surface area (Å²) < 4.78 is 78.5. The van der Waals surface area contributed by atoms with Crippen LogP contribution >= 0.6 is 0 Å². The van der Waals surface area contributed by atoms with Crippen LogP contribution in [0.3, 0.4) is 0 Å². The second-order valence-electron chi connectivity index (χ2n) is 7.46. The van der Waals surface area contributed by atoms with E-state index < -0.39 is 39.9 Å². The van der Waals surface area contributed by atoms with Gasteiger partial charge < -0.3 is 14.8 Å². The second kappa shape index (κ2) is 10.3. The molecule has 0 aliphatic carbocycles. The molecule has 0 aliphatic heterocycles. The lowest BCUT2D eigenvalue weighted by molar-refractivity contribution is -0.137. The summed E-state index contributed by atoms with van der Waals surface area (Å²) in [6.07, 6.45) is -4.71. The summed E-state index contributed by atoms with van der Waals surface area (Å²) in [4.78, 5) is 12.7. The van der Waals surface area contributed by atoms with Crippen LogP contribution in [-0.4, -0.2) is 35.1 Å². The van der Waals surface area contributed by atoms with Crippen LogP contribution in [0, 0.1) is 6.92 Å². The summed E-state index contributed by atoms with van der Waals surface area (Å²) in [5.74, 6) is -0.465. The zero-order valence-electron chi connectivity index (χ0n) is 19.1. The first kappa shape index (κ1) is 25.9. The van der Waals surface area contributed by atoms with Crippen molar-refractivity contribution in [3.05, 3.63) is 77.9 Å². The summed E-state index contributed by atoms with van der Waals surface area (Å²) in [5.41, 5.74) is -0.797. The van der Waals surface area contributed by atoms with Crippen LogP contribution in [0.2, 0.25) is 0 Å². The van der Waals surface area contributed by atoms with Gasteiger partial charge in [-0.2, -0.15) is 13.2 Å². The third kappa shape index (κ3) is 5.86. The van der Waals surface area contributed by atoms with E-state index in [9.17, 15) is 26.4 Å². The average Bonchev–Trinajstić information content (AvgIpc) is 2.82. The Bertz CT molecular complexity index is 1310. The molecule has 0 spiro atoms. The zero-order valence-corrected chi connectivity index (χ0v) is 19.9. The minimum absolute atomic E-state index is 0.0527. The number of nitrogens with one attached hydrogen (secondary N) is 1. The lowest BCUT2D eigenvalue weighted by Gasteiger charge is -2.25. The Morgan fingerprint density at radius 1 is 0.971 bits per heavy atom. The van der Waals surface area contributed by atoms with Crippen LogP contribution < -0.4 is 19.1 Å². The molecule has 0 atom stereocenters. The molecule has 0 saturated heterocycles. The third-order valence-corrected chi connectivity index (χ3v) is 6.84. The standard InChI is InChI=1S/C24H23F3N2O5S/c1-16-8-13-21(34-3)22(14-16)35(31,32)29(17-9-11-18(33-2)12-10-17)15-23(30)28-20-7-5-4-6-19(20)24(25,26)27/h4-14H,15H2,1-3H3,(H,28,30). The number of methoxy groups -OCH3 is 2. The van der Waals surface area contributed by atoms with E-state index in [1.54, 1.807) is 13.0 Å². The minimum atomic E-state index is -4.71. The number of rotatable bonds is 8. The summed E-state index contributed by atoms with van der Waals surface area (Å²) >= 11 is 0. The highest BCUT2D eigenvalue weighted by atomic mass is 32.2. The number of aryl methyl sites for hydroxylation is 1. The molecule has 3 aromatic rings. The van der Waals surface area contributed by atoms with Crippen LogP contribution in [0.5, 0.6) is 11.5 Å². The average molecular weight is 509 g/mol. The van der Waals surface area contributed by atoms with Crippen molar-refractivity contribution in [1.82, 2.24) is 0 Å². The van der Waals surface area contributed by atoms with Gasteiger partial charge in [0, 0.05) is 0 Å². The molecule has 0 saturated carbocycles. The number of sulfonamides is 1. The van der Waals surface area contributed by atoms with E-state index in [0.717, 1.165) is 16.4 Å². The molecule has 0 heterocycles. The van der Waals surface area contributed by atoms with Crippen LogP contribution in [0.25, 0.3) is 0 Å². The van der Waals surface area contributed by atoms with E-state index in [1.165, 1.54) is 62.8 Å². The number of hydrogen-bond donors (Lipinski definition) is 1. The number of benzene rings is 3. The SMILES string of the molecule is COc1ccc(N(CC(=O)Nc2ccccc2C(F)(F)F)S(=O)(=O)c2cc(C)ccc2OC)cc1. The number of carbonyl (C=O) groups excluding carboxylic acids is 1. The number of hydrogen-bond acceptors (Lipinski definition) is 5. The quantitative estimate of drug-likeness (QED) is 0.470. The molecule has 1 amide bonds. The first-order chi connectivity index (χ1) is 16.5. The van der Waals surface area contributed by atoms with E-state index in [0.29, 0.717) is 11.3 Å². The van der Waals surface area contributed by atoms with Crippen molar-refractivity contribution in [2.75, 3.05) is 30.4 Å². The number of carbonyl (C=O) groups is 1. The largest absolute Gasteiger partial charge is 0.497 e. The highest BCUT2D eigenvalue weighted by molar-refractivity contribution is 7.93. The normalized spacial score (nSPS) is 11.6. The van der Waals surface area contributed by atoms with Crippen LogP contribution in [0.1, 0.15) is 11.1 Å². The van der Waals surface area contributed by atoms with Crippen LogP contribution in [-0.2, 0) is 21.0 Å². The smallest absolute Gasteiger partial charge is 0.418 e. The molecule has 0 radical (unpaired) electrons. The molecule has 186 valence electrons. The number of anilines is 2. The first-order valence-electron chi connectivity index (χ1n) is 10.2. The van der Waals surface area contributed by atoms with Gasteiger partial charge in [0.25, 0.3) is 10.0 Å². The number of nitrogens with zero attached hydrogens (tertiary/aromatic N) is 1. The lowest BCUT2D eigenvalue weighted by Crippen LogP contribution is -2.38. The summed E-state index contributed by atoms with van der Waals surface area (Å²) in [7, 11) is -1.64. The first-order valence-corrected chi connectivity index (χ1v) is 11.7. The van der Waals surface area contributed by atoms with Crippen molar-refractivity contribution in [2.45, 2.75) is 18.0 Å². The number of amides is 1. The molecule has 3 aromatic carbocycles. The topological polar surface area (TPSA) is 84.9 Å². The van der Waals surface area contributed by atoms with Crippen LogP contribution in [0.4, 0.5) is 24.5 Å². The fourth-order valence-corrected chi connectivity index (χ4v) is 4.99. The maximum atomic E-state index is 13.7. The highest BCUT2D eigenvalue weighted by Crippen LogP contribution is 2.35. The van der Waals surface area contributed by atoms with Crippen molar-refractivity contribution in [2.24, 2.45) is 0 Å². The van der Waals surface area contributed by atoms with Gasteiger partial charge in [-0.25, -0.2) is 8.42 Å². The van der Waals surface area contributed by atoms with Gasteiger partial charge in [0.1, 0.15) is 22.9 Å². The lowest BCUT2D eigenvalue weighted by atomic mass is 10.1. The molecule has 1 N–H and O–H groups in total. The molecule has 0 fully saturated rings. The predicted molar refractivity (Wildman–Crippen MR) is 125 cm³/mol. The number of alkyl halides is 3. The Morgan fingerprint density at radius 3 is 2.23 bits per heavy atom. The Morgan fingerprint density at radius 2 is 1.63 bits per heavy atom. The summed E-state index contributed by atoms with van der Waals surface area (Å²) in [5, 5.41) is 2.18. The fourth-order valence-electron chi connectivity index (χ4n) is 3.33. The molecule has 7 nitrogen and oxygen atoms in total. The molecule has 0 unspecified atom stereocenters. The van der Waals surface area contributed by atoms with E-state index >= 15 is 0 Å². The minimum Gasteiger partial charge on any atom is -0.497 e. The molecule has 0 aromatic heterocycles. The van der Waals surface area contributed by atoms with Gasteiger partial charge in [-0.05, 0) is 61.0 Å². The molecule has 3 rings (SSSR count). The van der Waals surface area contributed by atoms with E-state index in [4.69, 9.17) is 9.47 Å². The van der Waals surface area contributed by atoms with Crippen molar-refractivity contribution in [1.29, 1.82) is 0 Å². The van der Waals surface area contributed by atoms with E-state index in [1.807, 2.05) is 0 Å². The third-order valence-electron chi connectivity index (χ3n) is 5.04. The molecule has 0 aliphatic rings. The van der Waals surface area contributed by atoms with Crippen molar-refractivity contribution in [3.8, 4) is 11.5 Å². The van der Waals surface area contributed by atoms with Gasteiger partial charge in [-0.15, -0.1) is 0 Å².